The summed E-state index contributed by atoms with van der Waals surface area (Å²) in [5.41, 5.74) is 1.02. The topological polar surface area (TPSA) is 20.2 Å². The molecular weight excluding hydrogens is 255 g/mol. The fraction of sp³-hybridized carbons (Fsp3) is 0.143. The SMILES string of the molecule is OCc1ccc(I)c([SiH3])c1. The van der Waals surface area contributed by atoms with Crippen LogP contribution in [-0.4, -0.2) is 15.3 Å². The third kappa shape index (κ3) is 1.80. The van der Waals surface area contributed by atoms with E-state index in [0.717, 1.165) is 15.8 Å². The van der Waals surface area contributed by atoms with Crippen LogP contribution in [-0.2, 0) is 6.61 Å². The monoisotopic (exact) mass is 264 g/mol. The van der Waals surface area contributed by atoms with Crippen LogP contribution in [0.15, 0.2) is 18.2 Å². The Hall–Kier alpha value is 0.127. The Balaban J connectivity index is 3.04. The highest BCUT2D eigenvalue weighted by atomic mass is 127. The molecule has 0 heterocycles. The van der Waals surface area contributed by atoms with Gasteiger partial charge in [-0.15, -0.1) is 0 Å². The number of aliphatic hydroxyl groups is 1. The van der Waals surface area contributed by atoms with Gasteiger partial charge in [-0.3, -0.25) is 0 Å². The van der Waals surface area contributed by atoms with Crippen LogP contribution in [0.2, 0.25) is 0 Å². The van der Waals surface area contributed by atoms with Crippen LogP contribution < -0.4 is 5.19 Å². The summed E-state index contributed by atoms with van der Waals surface area (Å²) in [6.07, 6.45) is 0. The zero-order chi connectivity index (χ0) is 7.56. The molecule has 0 radical (unpaired) electrons. The van der Waals surface area contributed by atoms with Gasteiger partial charge in [-0.05, 0) is 34.2 Å². The quantitative estimate of drug-likeness (QED) is 0.549. The second kappa shape index (κ2) is 3.50. The molecule has 0 aliphatic rings. The molecule has 0 aromatic heterocycles. The Bertz CT molecular complexity index is 237. The lowest BCUT2D eigenvalue weighted by Crippen LogP contribution is -2.07. The predicted octanol–water partition coefficient (Wildman–Crippen LogP) is -0.226. The molecule has 1 N–H and O–H groups in total. The summed E-state index contributed by atoms with van der Waals surface area (Å²) in [5.74, 6) is 0. The van der Waals surface area contributed by atoms with Gasteiger partial charge in [-0.1, -0.05) is 17.3 Å². The zero-order valence-electron chi connectivity index (χ0n) is 5.76. The highest BCUT2D eigenvalue weighted by Crippen LogP contribution is 2.03. The fourth-order valence-electron chi connectivity index (χ4n) is 0.805. The van der Waals surface area contributed by atoms with Crippen LogP contribution in [0.1, 0.15) is 5.56 Å². The molecule has 0 fully saturated rings. The minimum absolute atomic E-state index is 0.159. The zero-order valence-corrected chi connectivity index (χ0v) is 9.92. The van der Waals surface area contributed by atoms with E-state index in [9.17, 15) is 0 Å². The van der Waals surface area contributed by atoms with E-state index in [4.69, 9.17) is 5.11 Å². The third-order valence-electron chi connectivity index (χ3n) is 1.40. The summed E-state index contributed by atoms with van der Waals surface area (Å²) < 4.78 is 1.31. The van der Waals surface area contributed by atoms with E-state index >= 15 is 0 Å². The first kappa shape index (κ1) is 8.23. The van der Waals surface area contributed by atoms with Crippen LogP contribution in [0, 0.1) is 3.57 Å². The molecule has 3 heteroatoms. The minimum Gasteiger partial charge on any atom is -0.392 e. The first-order valence-corrected chi connectivity index (χ1v) is 5.18. The first-order valence-electron chi connectivity index (χ1n) is 3.10. The molecular formula is C7H9IOSi. The number of hydrogen-bond acceptors (Lipinski definition) is 1. The molecule has 54 valence electrons. The van der Waals surface area contributed by atoms with E-state index in [-0.39, 0.29) is 6.61 Å². The number of aliphatic hydroxyl groups excluding tert-OH is 1. The van der Waals surface area contributed by atoms with Gasteiger partial charge < -0.3 is 5.11 Å². The average Bonchev–Trinajstić information content (AvgIpc) is 1.95. The Morgan fingerprint density at radius 1 is 1.50 bits per heavy atom. The minimum atomic E-state index is 0.159. The largest absolute Gasteiger partial charge is 0.392 e. The van der Waals surface area contributed by atoms with Gasteiger partial charge in [0.1, 0.15) is 0 Å². The van der Waals surface area contributed by atoms with Crippen molar-refractivity contribution in [2.45, 2.75) is 6.61 Å². The second-order valence-electron chi connectivity index (χ2n) is 2.24. The van der Waals surface area contributed by atoms with E-state index in [2.05, 4.69) is 34.7 Å². The molecule has 0 saturated heterocycles. The first-order chi connectivity index (χ1) is 4.74. The molecule has 0 aliphatic carbocycles. The van der Waals surface area contributed by atoms with Gasteiger partial charge in [-0.2, -0.15) is 0 Å². The lowest BCUT2D eigenvalue weighted by Gasteiger charge is -1.99. The average molecular weight is 264 g/mol. The van der Waals surface area contributed by atoms with Crippen LogP contribution in [0.3, 0.4) is 0 Å². The van der Waals surface area contributed by atoms with Crippen molar-refractivity contribution >= 4 is 38.0 Å². The molecule has 0 unspecified atom stereocenters. The van der Waals surface area contributed by atoms with Crippen LogP contribution in [0.4, 0.5) is 0 Å². The summed E-state index contributed by atoms with van der Waals surface area (Å²) >= 11 is 2.31. The Morgan fingerprint density at radius 3 is 2.70 bits per heavy atom. The standard InChI is InChI=1S/C7H9IOSi/c8-6-2-1-5(4-9)3-7(6)10/h1-3,9H,4H2,10H3. The summed E-state index contributed by atoms with van der Waals surface area (Å²) in [6, 6.07) is 6.08. The highest BCUT2D eigenvalue weighted by Gasteiger charge is 1.93. The number of halogens is 1. The molecule has 0 saturated carbocycles. The van der Waals surface area contributed by atoms with Crippen LogP contribution >= 0.6 is 22.6 Å². The summed E-state index contributed by atoms with van der Waals surface area (Å²) in [5, 5.41) is 10.1. The van der Waals surface area contributed by atoms with Crippen LogP contribution in [0.5, 0.6) is 0 Å². The van der Waals surface area contributed by atoms with E-state index < -0.39 is 0 Å². The third-order valence-corrected chi connectivity index (χ3v) is 4.46. The molecule has 1 aromatic rings. The van der Waals surface area contributed by atoms with Gasteiger partial charge in [0.15, 0.2) is 0 Å². The van der Waals surface area contributed by atoms with Crippen molar-refractivity contribution in [1.29, 1.82) is 0 Å². The van der Waals surface area contributed by atoms with Gasteiger partial charge in [0.05, 0.1) is 6.61 Å². The molecule has 0 amide bonds. The van der Waals surface area contributed by atoms with Crippen molar-refractivity contribution in [1.82, 2.24) is 0 Å². The van der Waals surface area contributed by atoms with E-state index in [1.54, 1.807) is 0 Å². The number of hydrogen-bond donors (Lipinski definition) is 1. The van der Waals surface area contributed by atoms with Crippen molar-refractivity contribution in [2.24, 2.45) is 0 Å². The molecule has 1 rings (SSSR count). The lowest BCUT2D eigenvalue weighted by atomic mass is 10.2. The molecule has 10 heavy (non-hydrogen) atoms. The predicted molar refractivity (Wildman–Crippen MR) is 54.7 cm³/mol. The maximum atomic E-state index is 8.77. The Kier molecular flexibility index (Phi) is 2.88. The molecule has 1 aromatic carbocycles. The normalized spacial score (nSPS) is 10.2. The van der Waals surface area contributed by atoms with Crippen molar-refractivity contribution in [3.8, 4) is 0 Å². The number of rotatable bonds is 1. The molecule has 0 spiro atoms. The Labute approximate surface area is 77.0 Å². The van der Waals surface area contributed by atoms with E-state index in [0.29, 0.717) is 0 Å². The van der Waals surface area contributed by atoms with Gasteiger partial charge in [-0.25, -0.2) is 0 Å². The summed E-state index contributed by atoms with van der Waals surface area (Å²) in [6.45, 7) is 0.159. The van der Waals surface area contributed by atoms with E-state index in [1.807, 2.05) is 6.07 Å². The smallest absolute Gasteiger partial charge is 0.0681 e. The van der Waals surface area contributed by atoms with Gasteiger partial charge in [0, 0.05) is 13.8 Å². The second-order valence-corrected chi connectivity index (χ2v) is 4.48. The van der Waals surface area contributed by atoms with Gasteiger partial charge in [0.25, 0.3) is 0 Å². The molecule has 1 nitrogen and oxygen atoms in total. The summed E-state index contributed by atoms with van der Waals surface area (Å²) in [4.78, 5) is 0. The fourth-order valence-corrected chi connectivity index (χ4v) is 1.68. The Morgan fingerprint density at radius 2 is 2.20 bits per heavy atom. The summed E-state index contributed by atoms with van der Waals surface area (Å²) in [7, 11) is 1.06. The van der Waals surface area contributed by atoms with Crippen LogP contribution in [0.25, 0.3) is 0 Å². The highest BCUT2D eigenvalue weighted by molar-refractivity contribution is 14.1. The molecule has 0 aliphatic heterocycles. The maximum Gasteiger partial charge on any atom is 0.0681 e. The van der Waals surface area contributed by atoms with E-state index in [1.165, 1.54) is 8.76 Å². The number of benzene rings is 1. The van der Waals surface area contributed by atoms with Crippen molar-refractivity contribution < 1.29 is 5.11 Å². The maximum absolute atomic E-state index is 8.77. The van der Waals surface area contributed by atoms with Gasteiger partial charge in [0.2, 0.25) is 0 Å². The molecule has 0 atom stereocenters. The lowest BCUT2D eigenvalue weighted by molar-refractivity contribution is 0.282. The molecule has 0 bridgehead atoms. The van der Waals surface area contributed by atoms with Crippen molar-refractivity contribution in [3.05, 3.63) is 27.3 Å². The van der Waals surface area contributed by atoms with Crippen molar-refractivity contribution in [3.63, 3.8) is 0 Å². The van der Waals surface area contributed by atoms with Gasteiger partial charge >= 0.3 is 0 Å². The van der Waals surface area contributed by atoms with Crippen molar-refractivity contribution in [2.75, 3.05) is 0 Å².